The van der Waals surface area contributed by atoms with Crippen LogP contribution in [0.4, 0.5) is 5.69 Å². The number of esters is 1. The number of anilines is 1. The van der Waals surface area contributed by atoms with Gasteiger partial charge in [-0.15, -0.1) is 0 Å². The number of hydrogen-bond acceptors (Lipinski definition) is 8. The first-order valence-corrected chi connectivity index (χ1v) is 11.4. The lowest BCUT2D eigenvalue weighted by Gasteiger charge is -2.25. The molecule has 34 heavy (non-hydrogen) atoms. The molecule has 0 amide bonds. The average molecular weight is 494 g/mol. The van der Waals surface area contributed by atoms with Gasteiger partial charge in [0.05, 0.1) is 25.4 Å². The third kappa shape index (κ3) is 7.30. The van der Waals surface area contributed by atoms with Crippen LogP contribution in [0.15, 0.2) is 35.3 Å². The molecule has 2 aromatic rings. The van der Waals surface area contributed by atoms with Crippen LogP contribution >= 0.6 is 11.6 Å². The first kappa shape index (κ1) is 27.3. The van der Waals surface area contributed by atoms with E-state index in [1.807, 2.05) is 6.92 Å². The molecule has 1 aromatic heterocycles. The number of methoxy groups -OCH3 is 2. The highest BCUT2D eigenvalue weighted by Crippen LogP contribution is 2.21. The van der Waals surface area contributed by atoms with Crippen molar-refractivity contribution in [2.75, 3.05) is 39.3 Å². The fraction of sp³-hybridized carbons (Fsp3) is 0.500. The predicted molar refractivity (Wildman–Crippen MR) is 130 cm³/mol. The Bertz CT molecular complexity index is 1020. The van der Waals surface area contributed by atoms with E-state index in [-0.39, 0.29) is 35.5 Å². The number of ether oxygens (including phenoxy) is 3. The van der Waals surface area contributed by atoms with E-state index in [1.165, 1.54) is 11.8 Å². The summed E-state index contributed by atoms with van der Waals surface area (Å²) >= 11 is 6.29. The Hall–Kier alpha value is -2.91. The highest BCUT2D eigenvalue weighted by atomic mass is 35.5. The minimum Gasteiger partial charge on any atom is -0.491 e. The molecule has 10 heteroatoms. The number of halogens is 1. The molecule has 0 spiro atoms. The molecule has 0 aliphatic carbocycles. The van der Waals surface area contributed by atoms with Crippen molar-refractivity contribution < 1.29 is 23.8 Å². The van der Waals surface area contributed by atoms with Crippen molar-refractivity contribution in [3.8, 4) is 5.75 Å². The minimum atomic E-state index is -0.474. The molecule has 2 rings (SSSR count). The van der Waals surface area contributed by atoms with E-state index in [0.29, 0.717) is 30.1 Å². The summed E-state index contributed by atoms with van der Waals surface area (Å²) in [6.07, 6.45) is 2.07. The van der Waals surface area contributed by atoms with Crippen LogP contribution in [0, 0.1) is 5.92 Å². The number of carbonyl (C=O) groups is 2. The van der Waals surface area contributed by atoms with Gasteiger partial charge >= 0.3 is 5.97 Å². The van der Waals surface area contributed by atoms with Gasteiger partial charge in [-0.3, -0.25) is 14.4 Å². The van der Waals surface area contributed by atoms with E-state index in [2.05, 4.69) is 9.84 Å². The summed E-state index contributed by atoms with van der Waals surface area (Å²) in [5.74, 6) is -0.461. The average Bonchev–Trinajstić information content (AvgIpc) is 2.84. The van der Waals surface area contributed by atoms with Crippen molar-refractivity contribution in [3.63, 3.8) is 0 Å². The van der Waals surface area contributed by atoms with E-state index >= 15 is 0 Å². The highest BCUT2D eigenvalue weighted by Gasteiger charge is 2.20. The number of benzene rings is 1. The second kappa shape index (κ2) is 13.1. The van der Waals surface area contributed by atoms with Crippen molar-refractivity contribution >= 4 is 29.0 Å². The first-order valence-electron chi connectivity index (χ1n) is 11.0. The number of ketones is 1. The highest BCUT2D eigenvalue weighted by molar-refractivity contribution is 6.33. The van der Waals surface area contributed by atoms with Crippen molar-refractivity contribution in [3.05, 3.63) is 51.4 Å². The summed E-state index contributed by atoms with van der Waals surface area (Å²) in [6.45, 7) is 4.81. The van der Waals surface area contributed by atoms with Gasteiger partial charge in [0.15, 0.2) is 5.78 Å². The predicted octanol–water partition coefficient (Wildman–Crippen LogP) is 3.22. The van der Waals surface area contributed by atoms with Crippen molar-refractivity contribution in [1.82, 2.24) is 9.78 Å². The van der Waals surface area contributed by atoms with Gasteiger partial charge < -0.3 is 19.1 Å². The molecule has 0 saturated heterocycles. The molecule has 0 aliphatic heterocycles. The zero-order valence-electron chi connectivity index (χ0n) is 20.2. The minimum absolute atomic E-state index is 0.0318. The summed E-state index contributed by atoms with van der Waals surface area (Å²) in [6, 6.07) is 6.72. The molecule has 2 unspecified atom stereocenters. The lowest BCUT2D eigenvalue weighted by Crippen LogP contribution is -2.36. The Morgan fingerprint density at radius 2 is 1.88 bits per heavy atom. The van der Waals surface area contributed by atoms with Gasteiger partial charge in [0.2, 0.25) is 0 Å². The van der Waals surface area contributed by atoms with E-state index in [0.717, 1.165) is 6.42 Å². The maximum Gasteiger partial charge on any atom is 0.306 e. The summed E-state index contributed by atoms with van der Waals surface area (Å²) < 4.78 is 17.3. The van der Waals surface area contributed by atoms with Crippen LogP contribution in [0.2, 0.25) is 5.02 Å². The van der Waals surface area contributed by atoms with Crippen LogP contribution in [0.1, 0.15) is 37.0 Å². The number of aryl methyl sites for hydroxylation is 1. The zero-order valence-corrected chi connectivity index (χ0v) is 21.0. The summed E-state index contributed by atoms with van der Waals surface area (Å²) in [7, 11) is 4.67. The number of carbonyl (C=O) groups excluding carboxylic acids is 2. The van der Waals surface area contributed by atoms with Crippen LogP contribution in [0.3, 0.4) is 0 Å². The lowest BCUT2D eigenvalue weighted by molar-refractivity contribution is -0.141. The fourth-order valence-electron chi connectivity index (χ4n) is 3.31. The molecular formula is C24H32ClN3O6. The monoisotopic (exact) mass is 493 g/mol. The number of rotatable bonds is 13. The molecule has 186 valence electrons. The molecule has 1 aromatic carbocycles. The Kier molecular flexibility index (Phi) is 10.5. The number of hydrogen-bond donors (Lipinski definition) is 0. The standard InChI is InChI=1S/C24H32ClN3O6/c1-6-11-28-24(31)22(25)20(13-26-28)27(3)14-19(32-4)15-34-18-9-7-17(8-10-18)23(30)16(2)12-21(29)33-5/h7-10,13,16,19H,6,11-12,14-15H2,1-5H3. The molecule has 0 aliphatic rings. The maximum absolute atomic E-state index is 12.5. The van der Waals surface area contributed by atoms with E-state index < -0.39 is 11.9 Å². The van der Waals surface area contributed by atoms with E-state index in [4.69, 9.17) is 21.1 Å². The van der Waals surface area contributed by atoms with Crippen LogP contribution in [-0.2, 0) is 20.8 Å². The third-order valence-corrected chi connectivity index (χ3v) is 5.70. The summed E-state index contributed by atoms with van der Waals surface area (Å²) in [4.78, 5) is 38.0. The number of nitrogens with zero attached hydrogens (tertiary/aromatic N) is 3. The Morgan fingerprint density at radius 3 is 2.47 bits per heavy atom. The molecule has 0 radical (unpaired) electrons. The largest absolute Gasteiger partial charge is 0.491 e. The Labute approximate surface area is 204 Å². The molecule has 0 fully saturated rings. The third-order valence-electron chi connectivity index (χ3n) is 5.35. The van der Waals surface area contributed by atoms with Gasteiger partial charge in [-0.2, -0.15) is 5.10 Å². The maximum atomic E-state index is 12.5. The van der Waals surface area contributed by atoms with Crippen molar-refractivity contribution in [1.29, 1.82) is 0 Å². The van der Waals surface area contributed by atoms with Crippen LogP contribution in [-0.4, -0.2) is 62.1 Å². The first-order chi connectivity index (χ1) is 16.2. The number of likely N-dealkylation sites (N-methyl/N-ethyl adjacent to an activating group) is 1. The van der Waals surface area contributed by atoms with Crippen molar-refractivity contribution in [2.45, 2.75) is 39.3 Å². The van der Waals surface area contributed by atoms with Gasteiger partial charge in [-0.25, -0.2) is 4.68 Å². The number of Topliss-reactive ketones (excluding diaryl/α,β-unsaturated/α-hetero) is 1. The summed E-state index contributed by atoms with van der Waals surface area (Å²) in [5, 5.41) is 4.30. The van der Waals surface area contributed by atoms with Gasteiger partial charge in [0.25, 0.3) is 5.56 Å². The molecule has 9 nitrogen and oxygen atoms in total. The molecule has 1 heterocycles. The fourth-order valence-corrected chi connectivity index (χ4v) is 3.60. The second-order valence-electron chi connectivity index (χ2n) is 7.99. The SMILES string of the molecule is CCCn1ncc(N(C)CC(COc2ccc(C(=O)C(C)CC(=O)OC)cc2)OC)c(Cl)c1=O. The number of aromatic nitrogens is 2. The van der Waals surface area contributed by atoms with E-state index in [1.54, 1.807) is 56.4 Å². The van der Waals surface area contributed by atoms with Crippen LogP contribution < -0.4 is 15.2 Å². The summed E-state index contributed by atoms with van der Waals surface area (Å²) in [5.41, 5.74) is 0.686. The Morgan fingerprint density at radius 1 is 1.21 bits per heavy atom. The van der Waals surface area contributed by atoms with Gasteiger partial charge in [-0.05, 0) is 30.7 Å². The smallest absolute Gasteiger partial charge is 0.306 e. The van der Waals surface area contributed by atoms with E-state index in [9.17, 15) is 14.4 Å². The second-order valence-corrected chi connectivity index (χ2v) is 8.37. The normalized spacial score (nSPS) is 12.6. The van der Waals surface area contributed by atoms with Gasteiger partial charge in [-0.1, -0.05) is 25.4 Å². The molecule has 0 N–H and O–H groups in total. The van der Waals surface area contributed by atoms with Crippen LogP contribution in [0.25, 0.3) is 0 Å². The molecule has 2 atom stereocenters. The Balaban J connectivity index is 1.96. The molecule has 0 bridgehead atoms. The van der Waals surface area contributed by atoms with Gasteiger partial charge in [0.1, 0.15) is 23.5 Å². The topological polar surface area (TPSA) is 100.0 Å². The van der Waals surface area contributed by atoms with Crippen LogP contribution in [0.5, 0.6) is 5.75 Å². The molecule has 0 saturated carbocycles. The van der Waals surface area contributed by atoms with Crippen molar-refractivity contribution in [2.24, 2.45) is 5.92 Å². The lowest BCUT2D eigenvalue weighted by atomic mass is 9.96. The molecular weight excluding hydrogens is 462 g/mol. The zero-order chi connectivity index (χ0) is 25.3. The quantitative estimate of drug-likeness (QED) is 0.310. The van der Waals surface area contributed by atoms with Gasteiger partial charge in [0, 0.05) is 38.7 Å².